The third kappa shape index (κ3) is 6.13. The Hall–Kier alpha value is -1.02. The molecular weight excluding hydrogens is 198 g/mol. The molecule has 0 aromatic heterocycles. The number of unbranched alkanes of at least 4 members (excludes halogenated alkanes) is 1. The topological polar surface area (TPSA) is 12.0 Å². The Morgan fingerprint density at radius 3 is 2.60 bits per heavy atom. The molecule has 1 aromatic carbocycles. The Kier molecular flexibility index (Phi) is 5.86. The van der Waals surface area contributed by atoms with E-state index in [2.05, 4.69) is 54.5 Å². The van der Waals surface area contributed by atoms with Gasteiger partial charge >= 0.3 is 0 Å². The molecule has 0 aliphatic rings. The lowest BCUT2D eigenvalue weighted by atomic mass is 10.3. The molecule has 82 valence electrons. The van der Waals surface area contributed by atoms with E-state index >= 15 is 0 Å². The lowest BCUT2D eigenvalue weighted by Gasteiger charge is -2.04. The van der Waals surface area contributed by atoms with Crippen LogP contribution in [0.3, 0.4) is 0 Å². The van der Waals surface area contributed by atoms with E-state index in [9.17, 15) is 0 Å². The van der Waals surface area contributed by atoms with Crippen molar-refractivity contribution in [2.45, 2.75) is 25.9 Å². The highest BCUT2D eigenvalue weighted by Gasteiger charge is 1.89. The summed E-state index contributed by atoms with van der Waals surface area (Å²) in [6.07, 6.45) is 4.75. The Morgan fingerprint density at radius 2 is 1.93 bits per heavy atom. The van der Waals surface area contributed by atoms with Crippen molar-refractivity contribution in [1.29, 1.82) is 0 Å². The van der Waals surface area contributed by atoms with Gasteiger partial charge in [-0.25, -0.2) is 0 Å². The quantitative estimate of drug-likeness (QED) is 0.571. The minimum absolute atomic E-state index is 0.483. The lowest BCUT2D eigenvalue weighted by Crippen LogP contribution is -2.00. The summed E-state index contributed by atoms with van der Waals surface area (Å²) in [5, 5.41) is 3.41. The number of para-hydroxylation sites is 1. The van der Waals surface area contributed by atoms with E-state index < -0.39 is 8.80 Å². The van der Waals surface area contributed by atoms with Crippen molar-refractivity contribution in [3.63, 3.8) is 0 Å². The van der Waals surface area contributed by atoms with E-state index in [0.29, 0.717) is 0 Å². The first-order valence-electron chi connectivity index (χ1n) is 5.74. The number of nitrogens with one attached hydrogen (secondary N) is 1. The van der Waals surface area contributed by atoms with Crippen LogP contribution in [0.15, 0.2) is 42.1 Å². The van der Waals surface area contributed by atoms with Gasteiger partial charge in [-0.15, -0.1) is 5.70 Å². The number of rotatable bonds is 6. The number of hydrogen-bond acceptors (Lipinski definition) is 1. The molecule has 0 amide bonds. The first-order valence-corrected chi connectivity index (χ1v) is 8.72. The summed E-state index contributed by atoms with van der Waals surface area (Å²) < 4.78 is 0. The van der Waals surface area contributed by atoms with Crippen LogP contribution in [0.4, 0.5) is 5.69 Å². The molecule has 15 heavy (non-hydrogen) atoms. The molecule has 1 aromatic rings. The van der Waals surface area contributed by atoms with Crippen molar-refractivity contribution in [2.75, 3.05) is 11.9 Å². The number of anilines is 1. The van der Waals surface area contributed by atoms with Gasteiger partial charge in [0.2, 0.25) is 0 Å². The summed E-state index contributed by atoms with van der Waals surface area (Å²) >= 11 is 0. The molecule has 0 saturated carbocycles. The number of allylic oxidation sites excluding steroid dienone is 1. The van der Waals surface area contributed by atoms with E-state index in [1.54, 1.807) is 0 Å². The second-order valence-corrected chi connectivity index (χ2v) is 6.98. The third-order valence-electron chi connectivity index (χ3n) is 2.17. The maximum absolute atomic E-state index is 3.41. The van der Waals surface area contributed by atoms with Crippen molar-refractivity contribution >= 4 is 14.5 Å². The van der Waals surface area contributed by atoms with Crippen molar-refractivity contribution < 1.29 is 0 Å². The first-order chi connectivity index (χ1) is 7.29. The van der Waals surface area contributed by atoms with Crippen LogP contribution in [0.1, 0.15) is 12.8 Å². The molecule has 0 fully saturated rings. The van der Waals surface area contributed by atoms with E-state index in [4.69, 9.17) is 0 Å². The predicted molar refractivity (Wildman–Crippen MR) is 72.2 cm³/mol. The molecule has 0 unspecified atom stereocenters. The molecule has 2 heteroatoms. The van der Waals surface area contributed by atoms with Gasteiger partial charge in [0.05, 0.1) is 8.80 Å². The Labute approximate surface area is 94.8 Å². The Bertz CT molecular complexity index is 280. The molecule has 0 atom stereocenters. The van der Waals surface area contributed by atoms with Crippen LogP contribution in [0, 0.1) is 0 Å². The van der Waals surface area contributed by atoms with Gasteiger partial charge in [-0.3, -0.25) is 0 Å². The average Bonchev–Trinajstić information content (AvgIpc) is 2.24. The lowest BCUT2D eigenvalue weighted by molar-refractivity contribution is 0.890. The fourth-order valence-corrected chi connectivity index (χ4v) is 2.11. The van der Waals surface area contributed by atoms with E-state index in [1.807, 2.05) is 6.07 Å². The maximum Gasteiger partial charge on any atom is 0.0549 e. The van der Waals surface area contributed by atoms with E-state index in [1.165, 1.54) is 18.5 Å². The van der Waals surface area contributed by atoms with Gasteiger partial charge in [0.1, 0.15) is 0 Å². The molecule has 0 aliphatic carbocycles. The summed E-state index contributed by atoms with van der Waals surface area (Å²) in [6, 6.07) is 10.4. The van der Waals surface area contributed by atoms with Crippen molar-refractivity contribution in [1.82, 2.24) is 0 Å². The zero-order valence-corrected chi connectivity index (χ0v) is 10.9. The van der Waals surface area contributed by atoms with Crippen molar-refractivity contribution in [2.24, 2.45) is 0 Å². The monoisotopic (exact) mass is 219 g/mol. The third-order valence-corrected chi connectivity index (χ3v) is 3.21. The van der Waals surface area contributed by atoms with Crippen LogP contribution in [0.5, 0.6) is 0 Å². The predicted octanol–water partition coefficient (Wildman–Crippen LogP) is 3.46. The molecule has 1 N–H and O–H groups in total. The maximum atomic E-state index is 3.41. The minimum atomic E-state index is -0.483. The summed E-state index contributed by atoms with van der Waals surface area (Å²) in [4.78, 5) is 0. The molecule has 1 nitrogen and oxygen atoms in total. The highest BCUT2D eigenvalue weighted by molar-refractivity contribution is 6.61. The largest absolute Gasteiger partial charge is 0.385 e. The molecule has 0 bridgehead atoms. The van der Waals surface area contributed by atoms with Gasteiger partial charge < -0.3 is 5.32 Å². The van der Waals surface area contributed by atoms with Crippen LogP contribution < -0.4 is 5.32 Å². The number of benzene rings is 1. The highest BCUT2D eigenvalue weighted by Crippen LogP contribution is 2.05. The molecule has 0 saturated heterocycles. The van der Waals surface area contributed by atoms with Gasteiger partial charge in [0, 0.05) is 12.2 Å². The summed E-state index contributed by atoms with van der Waals surface area (Å²) in [5.41, 5.74) is 3.63. The highest BCUT2D eigenvalue weighted by atomic mass is 28.3. The van der Waals surface area contributed by atoms with Crippen molar-refractivity contribution in [3.8, 4) is 0 Å². The summed E-state index contributed by atoms with van der Waals surface area (Å²) in [7, 11) is -0.483. The molecule has 0 aliphatic heterocycles. The zero-order chi connectivity index (χ0) is 10.9. The first kappa shape index (κ1) is 12.0. The second kappa shape index (κ2) is 7.29. The number of hydrogen-bond donors (Lipinski definition) is 1. The normalized spacial score (nSPS) is 11.1. The molecule has 0 radical (unpaired) electrons. The Morgan fingerprint density at radius 1 is 1.20 bits per heavy atom. The minimum Gasteiger partial charge on any atom is -0.385 e. The van der Waals surface area contributed by atoms with Crippen LogP contribution in [-0.4, -0.2) is 15.3 Å². The summed E-state index contributed by atoms with van der Waals surface area (Å²) in [6.45, 7) is 5.76. The molecule has 1 rings (SSSR count). The van der Waals surface area contributed by atoms with Crippen LogP contribution >= 0.6 is 0 Å². The van der Waals surface area contributed by atoms with E-state index in [0.717, 1.165) is 6.54 Å². The van der Waals surface area contributed by atoms with Gasteiger partial charge in [0.25, 0.3) is 0 Å². The molecular formula is C13H21NSi. The summed E-state index contributed by atoms with van der Waals surface area (Å²) in [5.74, 6) is 0. The van der Waals surface area contributed by atoms with Crippen LogP contribution in [-0.2, 0) is 0 Å². The fraction of sp³-hybridized carbons (Fsp3) is 0.385. The van der Waals surface area contributed by atoms with E-state index in [-0.39, 0.29) is 0 Å². The van der Waals surface area contributed by atoms with Crippen LogP contribution in [0.2, 0.25) is 13.1 Å². The molecule has 0 spiro atoms. The second-order valence-electron chi connectivity index (χ2n) is 4.11. The molecule has 0 heterocycles. The van der Waals surface area contributed by atoms with Gasteiger partial charge in [-0.05, 0) is 25.0 Å². The van der Waals surface area contributed by atoms with Gasteiger partial charge in [-0.1, -0.05) is 37.4 Å². The van der Waals surface area contributed by atoms with Gasteiger partial charge in [0.15, 0.2) is 0 Å². The SMILES string of the molecule is C[SiH](C)C=CCCCNc1ccccc1. The van der Waals surface area contributed by atoms with Crippen LogP contribution in [0.25, 0.3) is 0 Å². The van der Waals surface area contributed by atoms with Gasteiger partial charge in [-0.2, -0.15) is 0 Å². The van der Waals surface area contributed by atoms with Crippen molar-refractivity contribution in [3.05, 3.63) is 42.1 Å². The zero-order valence-electron chi connectivity index (χ0n) is 9.74. The fourth-order valence-electron chi connectivity index (χ4n) is 1.38. The average molecular weight is 219 g/mol. The Balaban J connectivity index is 2.07. The smallest absolute Gasteiger partial charge is 0.0549 e. The standard InChI is InChI=1S/C13H21NSi/c1-15(2)12-8-4-7-11-14-13-9-5-3-6-10-13/h3,5-6,8-10,12,14-15H,4,7,11H2,1-2H3.